The number of benzene rings is 2. The predicted molar refractivity (Wildman–Crippen MR) is 111 cm³/mol. The van der Waals surface area contributed by atoms with Gasteiger partial charge in [-0.1, -0.05) is 30.3 Å². The molecule has 0 spiro atoms. The fourth-order valence-electron chi connectivity index (χ4n) is 2.89. The number of hydrogen-bond acceptors (Lipinski definition) is 7. The van der Waals surface area contributed by atoms with Crippen LogP contribution in [0.5, 0.6) is 11.8 Å². The van der Waals surface area contributed by atoms with Gasteiger partial charge in [-0.3, -0.25) is 0 Å². The average Bonchev–Trinajstić information content (AvgIpc) is 2.78. The minimum Gasteiger partial charge on any atom is -0.497 e. The first-order valence-corrected chi connectivity index (χ1v) is 9.32. The predicted octanol–water partition coefficient (Wildman–Crippen LogP) is 2.84. The van der Waals surface area contributed by atoms with Crippen molar-refractivity contribution < 1.29 is 19.7 Å². The second-order valence-electron chi connectivity index (χ2n) is 6.47. The monoisotopic (exact) mass is 395 g/mol. The molecule has 1 aromatic heterocycles. The standard InChI is InChI=1S/C22H25N3O4/c1-28-18-8-6-15(7-9-18)10-11-23-21-13-19(24-22(25-21)29-2)16-4-3-5-17(12-16)20(27)14-26/h3-9,12-13,20,26-27H,10-11,14H2,1-2H3,(H,23,24,25). The normalized spacial score (nSPS) is 11.7. The fraction of sp³-hybridized carbons (Fsp3) is 0.273. The maximum absolute atomic E-state index is 9.89. The highest BCUT2D eigenvalue weighted by Crippen LogP contribution is 2.25. The molecule has 0 amide bonds. The van der Waals surface area contributed by atoms with Crippen molar-refractivity contribution in [2.24, 2.45) is 0 Å². The number of anilines is 1. The first kappa shape index (κ1) is 20.6. The van der Waals surface area contributed by atoms with Crippen LogP contribution in [0.1, 0.15) is 17.2 Å². The van der Waals surface area contributed by atoms with Crippen molar-refractivity contribution in [3.05, 3.63) is 65.7 Å². The molecule has 0 fully saturated rings. The van der Waals surface area contributed by atoms with Gasteiger partial charge in [0.25, 0.3) is 0 Å². The van der Waals surface area contributed by atoms with Gasteiger partial charge >= 0.3 is 6.01 Å². The number of nitrogens with one attached hydrogen (secondary N) is 1. The van der Waals surface area contributed by atoms with E-state index in [-0.39, 0.29) is 12.6 Å². The molecule has 0 saturated heterocycles. The first-order chi connectivity index (χ1) is 14.1. The lowest BCUT2D eigenvalue weighted by Crippen LogP contribution is -2.08. The fourth-order valence-corrected chi connectivity index (χ4v) is 2.89. The quantitative estimate of drug-likeness (QED) is 0.513. The summed E-state index contributed by atoms with van der Waals surface area (Å²) < 4.78 is 10.4. The van der Waals surface area contributed by atoms with Crippen molar-refractivity contribution in [1.29, 1.82) is 0 Å². The Balaban J connectivity index is 1.74. The SMILES string of the molecule is COc1ccc(CCNc2cc(-c3cccc(C(O)CO)c3)nc(OC)n2)cc1. The summed E-state index contributed by atoms with van der Waals surface area (Å²) in [6, 6.07) is 17.3. The minimum atomic E-state index is -0.930. The lowest BCUT2D eigenvalue weighted by molar-refractivity contribution is 0.0956. The highest BCUT2D eigenvalue weighted by molar-refractivity contribution is 5.64. The first-order valence-electron chi connectivity index (χ1n) is 9.32. The van der Waals surface area contributed by atoms with E-state index in [2.05, 4.69) is 15.3 Å². The van der Waals surface area contributed by atoms with Crippen LogP contribution in [-0.4, -0.2) is 47.6 Å². The molecule has 7 nitrogen and oxygen atoms in total. The molecule has 29 heavy (non-hydrogen) atoms. The number of aliphatic hydroxyl groups is 2. The molecule has 1 heterocycles. The Hall–Kier alpha value is -3.16. The highest BCUT2D eigenvalue weighted by Gasteiger charge is 2.11. The summed E-state index contributed by atoms with van der Waals surface area (Å²) in [5.41, 5.74) is 3.27. The van der Waals surface area contributed by atoms with Gasteiger partial charge in [-0.2, -0.15) is 9.97 Å². The Morgan fingerprint density at radius 3 is 2.48 bits per heavy atom. The third kappa shape index (κ3) is 5.43. The third-order valence-electron chi connectivity index (χ3n) is 4.51. The Labute approximate surface area is 170 Å². The van der Waals surface area contributed by atoms with Crippen LogP contribution in [0, 0.1) is 0 Å². The number of aliphatic hydroxyl groups excluding tert-OH is 2. The summed E-state index contributed by atoms with van der Waals surface area (Å²) in [6.07, 6.45) is -0.107. The van der Waals surface area contributed by atoms with Crippen LogP contribution < -0.4 is 14.8 Å². The summed E-state index contributed by atoms with van der Waals surface area (Å²) in [5.74, 6) is 1.48. The second kappa shape index (κ2) is 9.86. The van der Waals surface area contributed by atoms with Crippen molar-refractivity contribution in [3.63, 3.8) is 0 Å². The van der Waals surface area contributed by atoms with Crippen LogP contribution in [0.3, 0.4) is 0 Å². The van der Waals surface area contributed by atoms with E-state index in [1.807, 2.05) is 42.5 Å². The van der Waals surface area contributed by atoms with Crippen molar-refractivity contribution in [1.82, 2.24) is 9.97 Å². The number of methoxy groups -OCH3 is 2. The maximum Gasteiger partial charge on any atom is 0.318 e. The van der Waals surface area contributed by atoms with Crippen molar-refractivity contribution >= 4 is 5.82 Å². The molecule has 7 heteroatoms. The summed E-state index contributed by atoms with van der Waals surface area (Å²) in [4.78, 5) is 8.76. The molecule has 1 unspecified atom stereocenters. The van der Waals surface area contributed by atoms with Gasteiger partial charge in [0.05, 0.1) is 26.5 Å². The maximum atomic E-state index is 9.89. The number of hydrogen-bond donors (Lipinski definition) is 3. The van der Waals surface area contributed by atoms with Crippen LogP contribution in [-0.2, 0) is 6.42 Å². The van der Waals surface area contributed by atoms with E-state index in [4.69, 9.17) is 9.47 Å². The summed E-state index contributed by atoms with van der Waals surface area (Å²) in [6.45, 7) is 0.351. The molecule has 0 aliphatic carbocycles. The number of nitrogens with zero attached hydrogens (tertiary/aromatic N) is 2. The minimum absolute atomic E-state index is 0.252. The molecule has 152 valence electrons. The van der Waals surface area contributed by atoms with Crippen LogP contribution in [0.25, 0.3) is 11.3 Å². The molecule has 0 bridgehead atoms. The molecular weight excluding hydrogens is 370 g/mol. The molecule has 0 radical (unpaired) electrons. The molecular formula is C22H25N3O4. The number of aromatic nitrogens is 2. The summed E-state index contributed by atoms with van der Waals surface area (Å²) in [5, 5.41) is 22.4. The van der Waals surface area contributed by atoms with E-state index in [0.717, 1.165) is 17.7 Å². The van der Waals surface area contributed by atoms with E-state index in [9.17, 15) is 10.2 Å². The Bertz CT molecular complexity index is 932. The lowest BCUT2D eigenvalue weighted by atomic mass is 10.0. The smallest absolute Gasteiger partial charge is 0.318 e. The van der Waals surface area contributed by atoms with E-state index >= 15 is 0 Å². The van der Waals surface area contributed by atoms with Gasteiger partial charge in [-0.15, -0.1) is 0 Å². The van der Waals surface area contributed by atoms with Crippen LogP contribution in [0.15, 0.2) is 54.6 Å². The second-order valence-corrected chi connectivity index (χ2v) is 6.47. The van der Waals surface area contributed by atoms with E-state index < -0.39 is 6.10 Å². The zero-order chi connectivity index (χ0) is 20.6. The van der Waals surface area contributed by atoms with Gasteiger partial charge in [0.1, 0.15) is 17.7 Å². The van der Waals surface area contributed by atoms with Crippen molar-refractivity contribution in [2.75, 3.05) is 32.7 Å². The van der Waals surface area contributed by atoms with Crippen LogP contribution >= 0.6 is 0 Å². The van der Waals surface area contributed by atoms with Gasteiger partial charge in [0.2, 0.25) is 0 Å². The molecule has 3 N–H and O–H groups in total. The largest absolute Gasteiger partial charge is 0.497 e. The molecule has 0 aliphatic heterocycles. The topological polar surface area (TPSA) is 96.7 Å². The number of ether oxygens (including phenoxy) is 2. The lowest BCUT2D eigenvalue weighted by Gasteiger charge is -2.12. The van der Waals surface area contributed by atoms with Gasteiger partial charge < -0.3 is 25.0 Å². The molecule has 0 saturated carbocycles. The molecule has 3 rings (SSSR count). The van der Waals surface area contributed by atoms with E-state index in [1.54, 1.807) is 19.2 Å². The molecule has 0 aliphatic rings. The zero-order valence-electron chi connectivity index (χ0n) is 16.5. The van der Waals surface area contributed by atoms with Gasteiger partial charge in [-0.25, -0.2) is 0 Å². The van der Waals surface area contributed by atoms with Crippen molar-refractivity contribution in [2.45, 2.75) is 12.5 Å². The summed E-state index contributed by atoms with van der Waals surface area (Å²) in [7, 11) is 3.17. The molecule has 2 aromatic carbocycles. The van der Waals surface area contributed by atoms with E-state index in [1.165, 1.54) is 12.7 Å². The van der Waals surface area contributed by atoms with Crippen molar-refractivity contribution in [3.8, 4) is 23.0 Å². The summed E-state index contributed by atoms with van der Waals surface area (Å²) >= 11 is 0. The number of rotatable bonds is 9. The molecule has 3 aromatic rings. The Morgan fingerprint density at radius 2 is 1.79 bits per heavy atom. The van der Waals surface area contributed by atoms with Gasteiger partial charge in [-0.05, 0) is 35.7 Å². The highest BCUT2D eigenvalue weighted by atomic mass is 16.5. The van der Waals surface area contributed by atoms with Crippen LogP contribution in [0.2, 0.25) is 0 Å². The Morgan fingerprint density at radius 1 is 1.00 bits per heavy atom. The third-order valence-corrected chi connectivity index (χ3v) is 4.51. The van der Waals surface area contributed by atoms with E-state index in [0.29, 0.717) is 23.6 Å². The zero-order valence-corrected chi connectivity index (χ0v) is 16.5. The van der Waals surface area contributed by atoms with Gasteiger partial charge in [0.15, 0.2) is 0 Å². The van der Waals surface area contributed by atoms with Crippen LogP contribution in [0.4, 0.5) is 5.82 Å². The van der Waals surface area contributed by atoms with Gasteiger partial charge in [0, 0.05) is 18.2 Å². The molecule has 1 atom stereocenters. The average molecular weight is 395 g/mol. The Kier molecular flexibility index (Phi) is 6.99.